The summed E-state index contributed by atoms with van der Waals surface area (Å²) in [6, 6.07) is 4.11. The van der Waals surface area contributed by atoms with Crippen molar-refractivity contribution in [3.63, 3.8) is 0 Å². The van der Waals surface area contributed by atoms with Gasteiger partial charge in [-0.05, 0) is 60.8 Å². The number of carbonyl (C=O) groups excluding carboxylic acids is 1. The molecule has 0 atom stereocenters. The number of anilines is 1. The molecule has 0 aliphatic carbocycles. The highest BCUT2D eigenvalue weighted by Gasteiger charge is 2.35. The summed E-state index contributed by atoms with van der Waals surface area (Å²) in [6.07, 6.45) is 0. The smallest absolute Gasteiger partial charge is 0.244 e. The molecule has 1 aromatic carbocycles. The summed E-state index contributed by atoms with van der Waals surface area (Å²) in [7, 11) is 0. The van der Waals surface area contributed by atoms with Crippen LogP contribution in [0.5, 0.6) is 0 Å². The van der Waals surface area contributed by atoms with Gasteiger partial charge in [-0.15, -0.1) is 0 Å². The van der Waals surface area contributed by atoms with Crippen molar-refractivity contribution in [3.8, 4) is 0 Å². The van der Waals surface area contributed by atoms with E-state index in [-0.39, 0.29) is 5.91 Å². The maximum Gasteiger partial charge on any atom is 0.244 e. The lowest BCUT2D eigenvalue weighted by Crippen LogP contribution is -2.58. The topological polar surface area (TPSA) is 44.4 Å². The van der Waals surface area contributed by atoms with Crippen LogP contribution in [0, 0.1) is 13.8 Å². The van der Waals surface area contributed by atoms with Crippen molar-refractivity contribution in [2.75, 3.05) is 31.5 Å². The molecule has 1 fully saturated rings. The van der Waals surface area contributed by atoms with Gasteiger partial charge in [0.05, 0.1) is 11.2 Å². The molecule has 1 heterocycles. The molecule has 116 valence electrons. The van der Waals surface area contributed by atoms with Gasteiger partial charge in [-0.1, -0.05) is 6.07 Å². The normalized spacial score (nSPS) is 16.8. The predicted octanol–water partition coefficient (Wildman–Crippen LogP) is 2.69. The van der Waals surface area contributed by atoms with Crippen molar-refractivity contribution < 1.29 is 4.79 Å². The molecule has 4 nitrogen and oxygen atoms in total. The monoisotopic (exact) mass is 353 g/mol. The molecular weight excluding hydrogens is 330 g/mol. The summed E-state index contributed by atoms with van der Waals surface area (Å²) in [4.78, 5) is 15.0. The summed E-state index contributed by atoms with van der Waals surface area (Å²) in [5.41, 5.74) is 2.61. The van der Waals surface area contributed by atoms with Crippen LogP contribution in [0.2, 0.25) is 0 Å². The summed E-state index contributed by atoms with van der Waals surface area (Å²) in [5, 5.41) is 6.41. The fourth-order valence-electron chi connectivity index (χ4n) is 2.71. The third kappa shape index (κ3) is 3.65. The molecule has 1 amide bonds. The second-order valence-electron chi connectivity index (χ2n) is 6.19. The van der Waals surface area contributed by atoms with E-state index in [0.29, 0.717) is 0 Å². The minimum absolute atomic E-state index is 0.0389. The molecule has 1 aliphatic rings. The number of carbonyl (C=O) groups is 1. The van der Waals surface area contributed by atoms with Gasteiger partial charge in [0.1, 0.15) is 0 Å². The Labute approximate surface area is 135 Å². The Balaban J connectivity index is 2.17. The first kappa shape index (κ1) is 16.5. The first-order chi connectivity index (χ1) is 9.82. The van der Waals surface area contributed by atoms with E-state index < -0.39 is 5.54 Å². The lowest BCUT2D eigenvalue weighted by atomic mass is 9.99. The number of nitrogens with zero attached hydrogens (tertiary/aromatic N) is 1. The summed E-state index contributed by atoms with van der Waals surface area (Å²) in [5.74, 6) is 0.0389. The van der Waals surface area contributed by atoms with Gasteiger partial charge in [0.2, 0.25) is 5.91 Å². The second kappa shape index (κ2) is 6.46. The van der Waals surface area contributed by atoms with E-state index in [1.54, 1.807) is 0 Å². The van der Waals surface area contributed by atoms with Crippen molar-refractivity contribution in [1.29, 1.82) is 0 Å². The third-order valence-corrected chi connectivity index (χ3v) is 4.76. The average Bonchev–Trinajstić information content (AvgIpc) is 2.43. The number of piperazine rings is 1. The molecular formula is C16H24BrN3O. The number of amides is 1. The van der Waals surface area contributed by atoms with Crippen LogP contribution in [-0.2, 0) is 4.79 Å². The summed E-state index contributed by atoms with van der Waals surface area (Å²) >= 11 is 3.55. The predicted molar refractivity (Wildman–Crippen MR) is 90.8 cm³/mol. The van der Waals surface area contributed by atoms with Gasteiger partial charge < -0.3 is 10.6 Å². The van der Waals surface area contributed by atoms with E-state index in [1.807, 2.05) is 33.8 Å². The van der Waals surface area contributed by atoms with Crippen molar-refractivity contribution in [3.05, 3.63) is 27.7 Å². The first-order valence-electron chi connectivity index (χ1n) is 7.36. The highest BCUT2D eigenvalue weighted by atomic mass is 79.9. The number of benzene rings is 1. The minimum Gasteiger partial charge on any atom is -0.323 e. The standard InChI is InChI=1S/C16H24BrN3O/c1-11-9-12(2)14(13(17)10-11)19-15(21)16(3,4)20-7-5-18-6-8-20/h9-10,18H,5-8H2,1-4H3,(H,19,21). The molecule has 5 heteroatoms. The number of nitrogens with one attached hydrogen (secondary N) is 2. The minimum atomic E-state index is -0.515. The average molecular weight is 354 g/mol. The van der Waals surface area contributed by atoms with Crippen LogP contribution < -0.4 is 10.6 Å². The van der Waals surface area contributed by atoms with E-state index in [9.17, 15) is 4.79 Å². The fourth-order valence-corrected chi connectivity index (χ4v) is 3.48. The molecule has 1 aliphatic heterocycles. The van der Waals surface area contributed by atoms with Gasteiger partial charge in [-0.3, -0.25) is 9.69 Å². The van der Waals surface area contributed by atoms with E-state index in [1.165, 1.54) is 5.56 Å². The van der Waals surface area contributed by atoms with Gasteiger partial charge in [-0.25, -0.2) is 0 Å². The van der Waals surface area contributed by atoms with Crippen LogP contribution >= 0.6 is 15.9 Å². The molecule has 0 saturated carbocycles. The Kier molecular flexibility index (Phi) is 5.07. The lowest BCUT2D eigenvalue weighted by molar-refractivity contribution is -0.126. The number of halogens is 1. The molecule has 0 aromatic heterocycles. The van der Waals surface area contributed by atoms with Gasteiger partial charge in [0.15, 0.2) is 0 Å². The van der Waals surface area contributed by atoms with Crippen LogP contribution in [0.1, 0.15) is 25.0 Å². The van der Waals surface area contributed by atoms with Crippen LogP contribution in [-0.4, -0.2) is 42.5 Å². The molecule has 0 spiro atoms. The number of hydrogen-bond acceptors (Lipinski definition) is 3. The van der Waals surface area contributed by atoms with Crippen LogP contribution in [0.3, 0.4) is 0 Å². The Morgan fingerprint density at radius 3 is 2.48 bits per heavy atom. The maximum absolute atomic E-state index is 12.7. The number of aryl methyl sites for hydroxylation is 2. The second-order valence-corrected chi connectivity index (χ2v) is 7.04. The third-order valence-electron chi connectivity index (χ3n) is 4.13. The molecule has 1 aromatic rings. The van der Waals surface area contributed by atoms with E-state index >= 15 is 0 Å². The fraction of sp³-hybridized carbons (Fsp3) is 0.562. The van der Waals surface area contributed by atoms with E-state index in [0.717, 1.165) is 41.9 Å². The Hall–Kier alpha value is -0.910. The first-order valence-corrected chi connectivity index (χ1v) is 8.15. The Morgan fingerprint density at radius 2 is 1.90 bits per heavy atom. The molecule has 0 radical (unpaired) electrons. The van der Waals surface area contributed by atoms with Crippen LogP contribution in [0.15, 0.2) is 16.6 Å². The van der Waals surface area contributed by atoms with Crippen molar-refractivity contribution >= 4 is 27.5 Å². The molecule has 0 bridgehead atoms. The Bertz CT molecular complexity index is 513. The zero-order chi connectivity index (χ0) is 15.6. The van der Waals surface area contributed by atoms with E-state index in [4.69, 9.17) is 0 Å². The summed E-state index contributed by atoms with van der Waals surface area (Å²) in [6.45, 7) is 11.7. The molecule has 0 unspecified atom stereocenters. The number of rotatable bonds is 3. The van der Waals surface area contributed by atoms with Crippen molar-refractivity contribution in [2.24, 2.45) is 0 Å². The lowest BCUT2D eigenvalue weighted by Gasteiger charge is -2.39. The molecule has 21 heavy (non-hydrogen) atoms. The highest BCUT2D eigenvalue weighted by molar-refractivity contribution is 9.10. The molecule has 1 saturated heterocycles. The van der Waals surface area contributed by atoms with Crippen LogP contribution in [0.4, 0.5) is 5.69 Å². The van der Waals surface area contributed by atoms with Crippen molar-refractivity contribution in [2.45, 2.75) is 33.2 Å². The SMILES string of the molecule is Cc1cc(C)c(NC(=O)C(C)(C)N2CCNCC2)c(Br)c1. The van der Waals surface area contributed by atoms with Crippen LogP contribution in [0.25, 0.3) is 0 Å². The van der Waals surface area contributed by atoms with Gasteiger partial charge in [0, 0.05) is 30.7 Å². The maximum atomic E-state index is 12.7. The zero-order valence-corrected chi connectivity index (χ0v) is 14.8. The van der Waals surface area contributed by atoms with Crippen molar-refractivity contribution in [1.82, 2.24) is 10.2 Å². The Morgan fingerprint density at radius 1 is 1.29 bits per heavy atom. The summed E-state index contributed by atoms with van der Waals surface area (Å²) < 4.78 is 0.935. The van der Waals surface area contributed by atoms with E-state index in [2.05, 4.69) is 37.5 Å². The molecule has 2 rings (SSSR count). The van der Waals surface area contributed by atoms with Gasteiger partial charge in [-0.2, -0.15) is 0 Å². The quantitative estimate of drug-likeness (QED) is 0.877. The highest BCUT2D eigenvalue weighted by Crippen LogP contribution is 2.29. The number of hydrogen-bond donors (Lipinski definition) is 2. The van der Waals surface area contributed by atoms with Gasteiger partial charge in [0.25, 0.3) is 0 Å². The zero-order valence-electron chi connectivity index (χ0n) is 13.2. The van der Waals surface area contributed by atoms with Gasteiger partial charge >= 0.3 is 0 Å². The molecule has 2 N–H and O–H groups in total. The largest absolute Gasteiger partial charge is 0.323 e.